The lowest BCUT2D eigenvalue weighted by Crippen LogP contribution is -2.51. The second kappa shape index (κ2) is 8.02. The Morgan fingerprint density at radius 2 is 1.69 bits per heavy atom. The van der Waals surface area contributed by atoms with Gasteiger partial charge in [0.05, 0.1) is 0 Å². The smallest absolute Gasteiger partial charge is 0.170 e. The van der Waals surface area contributed by atoms with Crippen molar-refractivity contribution in [1.82, 2.24) is 5.32 Å². The second-order valence-electron chi connectivity index (χ2n) is 10.9. The number of benzene rings is 2. The highest BCUT2D eigenvalue weighted by molar-refractivity contribution is 7.80. The summed E-state index contributed by atoms with van der Waals surface area (Å²) in [4.78, 5) is 2.37. The average molecular weight is 450 g/mol. The lowest BCUT2D eigenvalue weighted by atomic mass is 9.49. The molecule has 5 heteroatoms. The normalized spacial score (nSPS) is 29.8. The Morgan fingerprint density at radius 1 is 1.00 bits per heavy atom. The average Bonchev–Trinajstić information content (AvgIpc) is 3.15. The second-order valence-corrected chi connectivity index (χ2v) is 11.3. The van der Waals surface area contributed by atoms with Gasteiger partial charge >= 0.3 is 0 Å². The minimum atomic E-state index is -0.181. The number of fused-ring (bicyclic) bond motifs is 1. The molecule has 32 heavy (non-hydrogen) atoms. The van der Waals surface area contributed by atoms with Gasteiger partial charge in [0.2, 0.25) is 0 Å². The summed E-state index contributed by atoms with van der Waals surface area (Å²) in [6, 6.07) is 13.4. The molecular weight excluding hydrogens is 417 g/mol. The molecule has 0 amide bonds. The SMILES string of the molecule is Fc1ccc(CN2CCc3cc(NC(=S)NCC45CC6CC(CC(C6)C4)C5)ccc32)cc1. The Hall–Kier alpha value is -2.14. The van der Waals surface area contributed by atoms with E-state index in [0.29, 0.717) is 5.41 Å². The van der Waals surface area contributed by atoms with Crippen molar-refractivity contribution >= 4 is 28.7 Å². The molecule has 0 unspecified atom stereocenters. The summed E-state index contributed by atoms with van der Waals surface area (Å²) in [5.74, 6) is 2.73. The van der Waals surface area contributed by atoms with Crippen LogP contribution in [-0.2, 0) is 13.0 Å². The molecule has 5 aliphatic rings. The fourth-order valence-corrected chi connectivity index (χ4v) is 7.66. The van der Waals surface area contributed by atoms with Crippen molar-refractivity contribution in [2.24, 2.45) is 23.2 Å². The van der Waals surface area contributed by atoms with Gasteiger partial charge in [0.25, 0.3) is 0 Å². The topological polar surface area (TPSA) is 27.3 Å². The van der Waals surface area contributed by atoms with Crippen LogP contribution in [0.4, 0.5) is 15.8 Å². The lowest BCUT2D eigenvalue weighted by Gasteiger charge is -2.57. The maximum Gasteiger partial charge on any atom is 0.170 e. The van der Waals surface area contributed by atoms with Crippen molar-refractivity contribution in [1.29, 1.82) is 0 Å². The third-order valence-electron chi connectivity index (χ3n) is 8.40. The van der Waals surface area contributed by atoms with E-state index in [1.807, 2.05) is 12.1 Å². The fraction of sp³-hybridized carbons (Fsp3) is 0.519. The number of rotatable bonds is 5. The first kappa shape index (κ1) is 20.5. The Kier molecular flexibility index (Phi) is 5.13. The minimum Gasteiger partial charge on any atom is -0.367 e. The number of nitrogens with one attached hydrogen (secondary N) is 2. The Bertz CT molecular complexity index is 983. The summed E-state index contributed by atoms with van der Waals surface area (Å²) in [5, 5.41) is 7.77. The van der Waals surface area contributed by atoms with Gasteiger partial charge in [-0.1, -0.05) is 12.1 Å². The van der Waals surface area contributed by atoms with Crippen LogP contribution in [0.25, 0.3) is 0 Å². The molecule has 0 atom stereocenters. The molecule has 7 rings (SSSR count). The van der Waals surface area contributed by atoms with Crippen LogP contribution in [0.3, 0.4) is 0 Å². The summed E-state index contributed by atoms with van der Waals surface area (Å²) in [5.41, 5.74) is 5.31. The van der Waals surface area contributed by atoms with Crippen LogP contribution in [0.5, 0.6) is 0 Å². The van der Waals surface area contributed by atoms with E-state index in [0.717, 1.165) is 60.2 Å². The Morgan fingerprint density at radius 3 is 2.38 bits per heavy atom. The molecule has 4 bridgehead atoms. The first-order chi connectivity index (χ1) is 15.5. The van der Waals surface area contributed by atoms with Crippen molar-refractivity contribution in [3.63, 3.8) is 0 Å². The zero-order valence-electron chi connectivity index (χ0n) is 18.6. The monoisotopic (exact) mass is 449 g/mol. The molecule has 3 nitrogen and oxygen atoms in total. The third kappa shape index (κ3) is 4.00. The summed E-state index contributed by atoms with van der Waals surface area (Å²) < 4.78 is 13.2. The van der Waals surface area contributed by atoms with Crippen molar-refractivity contribution in [3.05, 3.63) is 59.4 Å². The molecule has 168 valence electrons. The van der Waals surface area contributed by atoms with E-state index >= 15 is 0 Å². The molecule has 0 radical (unpaired) electrons. The van der Waals surface area contributed by atoms with Gasteiger partial charge in [-0.25, -0.2) is 4.39 Å². The molecule has 4 aliphatic carbocycles. The summed E-state index contributed by atoms with van der Waals surface area (Å²) in [6.07, 6.45) is 9.67. The van der Waals surface area contributed by atoms with Gasteiger partial charge in [0, 0.05) is 31.0 Å². The van der Waals surface area contributed by atoms with Crippen molar-refractivity contribution in [2.75, 3.05) is 23.3 Å². The molecular formula is C27H32FN3S. The van der Waals surface area contributed by atoms with Gasteiger partial charge in [-0.05, 0) is 122 Å². The Balaban J connectivity index is 1.06. The number of hydrogen-bond acceptors (Lipinski definition) is 2. The first-order valence-electron chi connectivity index (χ1n) is 12.2. The van der Waals surface area contributed by atoms with E-state index in [1.165, 1.54) is 61.9 Å². The van der Waals surface area contributed by atoms with Crippen LogP contribution in [0.15, 0.2) is 42.5 Å². The standard InChI is InChI=1S/C27H32FN3S/c28-23-3-1-18(2-4-23)16-31-8-7-22-12-24(5-6-25(22)31)30-26(32)29-17-27-13-19-9-20(14-27)11-21(10-19)15-27/h1-6,12,19-21H,7-11,13-17H2,(H2,29,30,32). The molecule has 0 spiro atoms. The van der Waals surface area contributed by atoms with Gasteiger partial charge in [0.1, 0.15) is 5.82 Å². The first-order valence-corrected chi connectivity index (χ1v) is 12.6. The number of hydrogen-bond donors (Lipinski definition) is 2. The highest BCUT2D eigenvalue weighted by atomic mass is 32.1. The fourth-order valence-electron chi connectivity index (χ4n) is 7.47. The number of halogens is 1. The number of anilines is 2. The summed E-state index contributed by atoms with van der Waals surface area (Å²) in [6.45, 7) is 2.83. The van der Waals surface area contributed by atoms with Crippen LogP contribution >= 0.6 is 12.2 Å². The minimum absolute atomic E-state index is 0.181. The van der Waals surface area contributed by atoms with Crippen LogP contribution < -0.4 is 15.5 Å². The maximum absolute atomic E-state index is 13.2. The van der Waals surface area contributed by atoms with E-state index < -0.39 is 0 Å². The predicted molar refractivity (Wildman–Crippen MR) is 132 cm³/mol. The van der Waals surface area contributed by atoms with Crippen LogP contribution in [0, 0.1) is 29.0 Å². The van der Waals surface area contributed by atoms with Gasteiger partial charge in [-0.2, -0.15) is 0 Å². The van der Waals surface area contributed by atoms with Crippen molar-refractivity contribution in [3.8, 4) is 0 Å². The van der Waals surface area contributed by atoms with E-state index in [2.05, 4.69) is 33.7 Å². The molecule has 2 aromatic carbocycles. The maximum atomic E-state index is 13.2. The predicted octanol–water partition coefficient (Wildman–Crippen LogP) is 5.89. The van der Waals surface area contributed by atoms with Gasteiger partial charge < -0.3 is 15.5 Å². The molecule has 0 aromatic heterocycles. The van der Waals surface area contributed by atoms with E-state index in [1.54, 1.807) is 0 Å². The van der Waals surface area contributed by atoms with Gasteiger partial charge in [-0.15, -0.1) is 0 Å². The van der Waals surface area contributed by atoms with Crippen LogP contribution in [0.1, 0.15) is 49.7 Å². The number of thiocarbonyl (C=S) groups is 1. The Labute approximate surface area is 195 Å². The highest BCUT2D eigenvalue weighted by Crippen LogP contribution is 2.59. The van der Waals surface area contributed by atoms with Crippen LogP contribution in [-0.4, -0.2) is 18.2 Å². The highest BCUT2D eigenvalue weighted by Gasteiger charge is 2.50. The molecule has 0 saturated heterocycles. The van der Waals surface area contributed by atoms with Gasteiger partial charge in [-0.3, -0.25) is 0 Å². The molecule has 1 aliphatic heterocycles. The quantitative estimate of drug-likeness (QED) is 0.557. The van der Waals surface area contributed by atoms with Crippen molar-refractivity contribution < 1.29 is 4.39 Å². The van der Waals surface area contributed by atoms with Gasteiger partial charge in [0.15, 0.2) is 5.11 Å². The number of nitrogens with zero attached hydrogens (tertiary/aromatic N) is 1. The largest absolute Gasteiger partial charge is 0.367 e. The van der Waals surface area contributed by atoms with E-state index in [4.69, 9.17) is 12.2 Å². The van der Waals surface area contributed by atoms with Crippen molar-refractivity contribution in [2.45, 2.75) is 51.5 Å². The molecule has 4 fully saturated rings. The zero-order chi connectivity index (χ0) is 21.7. The summed E-state index contributed by atoms with van der Waals surface area (Å²) >= 11 is 5.68. The molecule has 1 heterocycles. The van der Waals surface area contributed by atoms with E-state index in [9.17, 15) is 4.39 Å². The lowest BCUT2D eigenvalue weighted by molar-refractivity contribution is -0.0490. The van der Waals surface area contributed by atoms with Crippen LogP contribution in [0.2, 0.25) is 0 Å². The summed E-state index contributed by atoms with van der Waals surface area (Å²) in [7, 11) is 0. The zero-order valence-corrected chi connectivity index (χ0v) is 19.4. The molecule has 4 saturated carbocycles. The molecule has 2 N–H and O–H groups in total. The third-order valence-corrected chi connectivity index (χ3v) is 8.65. The van der Waals surface area contributed by atoms with E-state index in [-0.39, 0.29) is 5.82 Å². The molecule has 2 aromatic rings.